The van der Waals surface area contributed by atoms with Crippen LogP contribution in [0.4, 0.5) is 11.4 Å². The van der Waals surface area contributed by atoms with Crippen LogP contribution in [0, 0.1) is 5.92 Å². The predicted octanol–water partition coefficient (Wildman–Crippen LogP) is 13.0. The van der Waals surface area contributed by atoms with Gasteiger partial charge in [-0.25, -0.2) is 9.78 Å². The number of aromatic nitrogens is 2. The average Bonchev–Trinajstić information content (AvgIpc) is 4.27. The normalized spacial score (nSPS) is 12.2. The van der Waals surface area contributed by atoms with Crippen LogP contribution in [-0.2, 0) is 4.79 Å². The molecule has 1 heterocycles. The molecule has 0 bridgehead atoms. The van der Waals surface area contributed by atoms with Crippen LogP contribution in [0.15, 0.2) is 202 Å². The number of nitrogen functional groups attached to an aromatic ring is 2. The van der Waals surface area contributed by atoms with E-state index in [1.807, 2.05) is 170 Å². The highest BCUT2D eigenvalue weighted by Crippen LogP contribution is 2.42. The molecule has 0 aliphatic heterocycles. The Morgan fingerprint density at radius 2 is 1.03 bits per heavy atom. The number of anilines is 2. The van der Waals surface area contributed by atoms with Gasteiger partial charge in [0.05, 0.1) is 28.1 Å². The molecule has 0 unspecified atom stereocenters. The molecule has 2 fully saturated rings. The van der Waals surface area contributed by atoms with Crippen LogP contribution in [0.25, 0.3) is 16.6 Å². The van der Waals surface area contributed by atoms with E-state index in [1.165, 1.54) is 0 Å². The van der Waals surface area contributed by atoms with Gasteiger partial charge in [-0.1, -0.05) is 103 Å². The number of nitrogens with zero attached hydrogens (tertiary/aromatic N) is 2. The van der Waals surface area contributed by atoms with Crippen LogP contribution in [0.3, 0.4) is 0 Å². The molecule has 0 atom stereocenters. The van der Waals surface area contributed by atoms with Gasteiger partial charge in [-0.05, 0) is 142 Å². The molecular weight excluding hydrogens is 999 g/mol. The first-order valence-corrected chi connectivity index (χ1v) is 23.7. The van der Waals surface area contributed by atoms with Crippen LogP contribution < -0.4 is 30.6 Å². The van der Waals surface area contributed by atoms with Crippen molar-refractivity contribution in [3.05, 3.63) is 219 Å². The zero-order valence-electron chi connectivity index (χ0n) is 36.0. The van der Waals surface area contributed by atoms with Gasteiger partial charge in [0.2, 0.25) is 0 Å². The van der Waals surface area contributed by atoms with Crippen LogP contribution >= 0.6 is 40.5 Å². The number of halogens is 2. The van der Waals surface area contributed by atoms with E-state index >= 15 is 0 Å². The van der Waals surface area contributed by atoms with Crippen molar-refractivity contribution in [2.24, 2.45) is 5.92 Å². The van der Waals surface area contributed by atoms with Crippen molar-refractivity contribution in [3.63, 3.8) is 0 Å². The molecule has 2 aliphatic rings. The minimum Gasteiger partial charge on any atom is -0.481 e. The topological polar surface area (TPSA) is 189 Å². The molecule has 7 aromatic carbocycles. The fourth-order valence-corrected chi connectivity index (χ4v) is 8.03. The number of carbonyl (C=O) groups is 2. The summed E-state index contributed by atoms with van der Waals surface area (Å²) < 4.78 is 20.6. The molecule has 0 saturated heterocycles. The number of aliphatic carboxylic acids is 1. The largest absolute Gasteiger partial charge is 0.530 e. The van der Waals surface area contributed by atoms with Crippen LogP contribution in [0.2, 0.25) is 0 Å². The Labute approximate surface area is 406 Å². The Kier molecular flexibility index (Phi) is 18.5. The second-order valence-corrected chi connectivity index (χ2v) is 17.5. The first-order valence-electron chi connectivity index (χ1n) is 21.0. The van der Waals surface area contributed by atoms with E-state index in [0.717, 1.165) is 52.9 Å². The Hall–Kier alpha value is -6.99. The van der Waals surface area contributed by atoms with E-state index in [4.69, 9.17) is 40.2 Å². The lowest BCUT2D eigenvalue weighted by molar-refractivity contribution is -0.138. The minimum atomic E-state index is -1.59. The summed E-state index contributed by atoms with van der Waals surface area (Å²) in [4.78, 5) is 38.1. The summed E-state index contributed by atoms with van der Waals surface area (Å²) in [6.07, 6.45) is 4.02. The molecule has 6 N–H and O–H groups in total. The number of fused-ring (bicyclic) bond motifs is 1. The van der Waals surface area contributed by atoms with Crippen molar-refractivity contribution in [3.8, 4) is 22.9 Å². The Morgan fingerprint density at radius 3 is 1.40 bits per heavy atom. The molecule has 67 heavy (non-hydrogen) atoms. The lowest BCUT2D eigenvalue weighted by atomic mass is 10.2. The van der Waals surface area contributed by atoms with Crippen molar-refractivity contribution < 1.29 is 33.4 Å². The second kappa shape index (κ2) is 25.1. The van der Waals surface area contributed by atoms with Gasteiger partial charge in [-0.2, -0.15) is 0 Å². The van der Waals surface area contributed by atoms with Crippen molar-refractivity contribution >= 4 is 74.7 Å². The number of hydrogen-bond acceptors (Lipinski definition) is 9. The Morgan fingerprint density at radius 1 is 0.582 bits per heavy atom. The highest BCUT2D eigenvalue weighted by Gasteiger charge is 2.30. The van der Waals surface area contributed by atoms with Crippen LogP contribution in [-0.4, -0.2) is 31.7 Å². The van der Waals surface area contributed by atoms with Gasteiger partial charge in [-0.15, -0.1) is 0 Å². The fraction of sp³-hybridized carbons (Fsp3) is 0.115. The summed E-state index contributed by atoms with van der Waals surface area (Å²) in [5, 5.41) is 17.3. The maximum atomic E-state index is 13.0. The van der Waals surface area contributed by atoms with Gasteiger partial charge in [0.1, 0.15) is 23.1 Å². The molecule has 10 rings (SSSR count). The monoisotopic (exact) mass is 1040 g/mol. The molecule has 2 saturated carbocycles. The highest BCUT2D eigenvalue weighted by atomic mass is 79.9. The molecule has 1 aromatic heterocycles. The Balaban J connectivity index is 0.000000151. The third-order valence-electron chi connectivity index (χ3n) is 9.58. The third-order valence-corrected chi connectivity index (χ3v) is 12.0. The standard InChI is InChI=1S/C18H15O3P.C17H13BrN2O.C7H6BrNO2.C6H7N.C4H6O2/c1-4-10-16(11-5-1)19-22(20-17-12-6-2-7-13-17)21-18-14-8-3-9-15-18;18-13-7-4-8-14-15(13)17(21)20(12-5-2-1-3-6-12)16(19-14)11-9-10-11;8-4-2-1-3-5(9)6(4)7(10)11;7-6-4-2-1-3-5-6;5-4(6)3-1-2-3/h1-15H;1-8,11H,9-10H2;1-3H,9H2,(H,10,11);1-5H,7H2;3H,1-2H2,(H,5,6). The smallest absolute Gasteiger partial charge is 0.481 e. The lowest BCUT2D eigenvalue weighted by Crippen LogP contribution is -2.23. The zero-order valence-corrected chi connectivity index (χ0v) is 40.0. The number of benzene rings is 7. The first kappa shape index (κ1) is 49.4. The molecule has 2 aliphatic carbocycles. The quantitative estimate of drug-likeness (QED) is 0.0753. The zero-order chi connectivity index (χ0) is 47.5. The molecule has 15 heteroatoms. The Bertz CT molecular complexity index is 2760. The maximum absolute atomic E-state index is 13.0. The van der Waals surface area contributed by atoms with Gasteiger partial charge >= 0.3 is 20.5 Å². The summed E-state index contributed by atoms with van der Waals surface area (Å²) in [7, 11) is -1.59. The SMILES string of the molecule is Nc1cccc(Br)c1C(=O)O.Nc1ccccc1.O=C(O)C1CC1.O=c1c2c(Br)cccc2nc(C2CC2)n1-c1ccccc1.c1ccc(OP(Oc2ccccc2)Oc2ccccc2)cc1. The van der Waals surface area contributed by atoms with Gasteiger partial charge in [-0.3, -0.25) is 14.2 Å². The summed E-state index contributed by atoms with van der Waals surface area (Å²) in [5.74, 6) is 1.79. The van der Waals surface area contributed by atoms with Gasteiger partial charge in [0.15, 0.2) is 0 Å². The van der Waals surface area contributed by atoms with E-state index < -0.39 is 20.5 Å². The maximum Gasteiger partial charge on any atom is 0.530 e. The van der Waals surface area contributed by atoms with E-state index in [1.54, 1.807) is 22.8 Å². The number of hydrogen-bond donors (Lipinski definition) is 4. The molecule has 12 nitrogen and oxygen atoms in total. The molecule has 0 radical (unpaired) electrons. The van der Waals surface area contributed by atoms with E-state index in [0.29, 0.717) is 33.0 Å². The number of aromatic carboxylic acids is 1. The molecule has 0 spiro atoms. The van der Waals surface area contributed by atoms with Crippen molar-refractivity contribution in [1.29, 1.82) is 0 Å². The van der Waals surface area contributed by atoms with E-state index in [2.05, 4.69) is 31.9 Å². The van der Waals surface area contributed by atoms with Crippen molar-refractivity contribution in [2.75, 3.05) is 11.5 Å². The van der Waals surface area contributed by atoms with Crippen LogP contribution in [0.1, 0.15) is 47.8 Å². The van der Waals surface area contributed by atoms with Crippen molar-refractivity contribution in [1.82, 2.24) is 9.55 Å². The number of carboxylic acid groups (broad SMARTS) is 2. The number of rotatable bonds is 10. The average molecular weight is 1050 g/mol. The molecule has 0 amide bonds. The predicted molar refractivity (Wildman–Crippen MR) is 272 cm³/mol. The van der Waals surface area contributed by atoms with Crippen molar-refractivity contribution in [2.45, 2.75) is 31.6 Å². The summed E-state index contributed by atoms with van der Waals surface area (Å²) >= 11 is 6.57. The van der Waals surface area contributed by atoms with E-state index in [9.17, 15) is 14.4 Å². The lowest BCUT2D eigenvalue weighted by Gasteiger charge is -2.17. The molecule has 342 valence electrons. The minimum absolute atomic E-state index is 0.000532. The van der Waals surface area contributed by atoms with Gasteiger partial charge in [0, 0.05) is 26.2 Å². The number of carboxylic acids is 2. The first-order chi connectivity index (χ1) is 32.5. The molecule has 8 aromatic rings. The summed E-state index contributed by atoms with van der Waals surface area (Å²) in [5.41, 5.74) is 13.6. The number of nitrogens with two attached hydrogens (primary N) is 2. The molecular formula is C52H47Br2N4O8P. The van der Waals surface area contributed by atoms with Gasteiger partial charge in [0.25, 0.3) is 5.56 Å². The van der Waals surface area contributed by atoms with Gasteiger partial charge < -0.3 is 35.3 Å². The summed E-state index contributed by atoms with van der Waals surface area (Å²) in [6.45, 7) is 0. The number of para-hydroxylation sites is 5. The van der Waals surface area contributed by atoms with E-state index in [-0.39, 0.29) is 22.7 Å². The third kappa shape index (κ3) is 15.6. The fourth-order valence-electron chi connectivity index (χ4n) is 5.96. The summed E-state index contributed by atoms with van der Waals surface area (Å²) in [6, 6.07) is 58.3. The van der Waals surface area contributed by atoms with Crippen LogP contribution in [0.5, 0.6) is 17.2 Å². The second-order valence-electron chi connectivity index (χ2n) is 14.8. The highest BCUT2D eigenvalue weighted by molar-refractivity contribution is 9.11.